The lowest BCUT2D eigenvalue weighted by Gasteiger charge is -2.16. The molecule has 0 radical (unpaired) electrons. The molecule has 1 N–H and O–H groups in total. The van der Waals surface area contributed by atoms with Crippen molar-refractivity contribution in [2.45, 2.75) is 22.3 Å². The highest BCUT2D eigenvalue weighted by Crippen LogP contribution is 2.45. The second-order valence-electron chi connectivity index (χ2n) is 6.38. The van der Waals surface area contributed by atoms with E-state index in [0.29, 0.717) is 23.4 Å². The zero-order chi connectivity index (χ0) is 18.9. The Morgan fingerprint density at radius 1 is 1.11 bits per heavy atom. The Morgan fingerprint density at radius 2 is 1.85 bits per heavy atom. The topological polar surface area (TPSA) is 66.5 Å². The molecule has 1 aromatic carbocycles. The summed E-state index contributed by atoms with van der Waals surface area (Å²) in [6, 6.07) is 9.36. The summed E-state index contributed by atoms with van der Waals surface area (Å²) in [6.07, 6.45) is 1.74. The van der Waals surface area contributed by atoms with Gasteiger partial charge in [0.1, 0.15) is 9.77 Å². The van der Waals surface area contributed by atoms with Crippen LogP contribution in [0.2, 0.25) is 0 Å². The summed E-state index contributed by atoms with van der Waals surface area (Å²) in [5, 5.41) is 4.55. The van der Waals surface area contributed by atoms with Crippen LogP contribution in [0.3, 0.4) is 0 Å². The summed E-state index contributed by atoms with van der Waals surface area (Å²) < 4.78 is 27.6. The predicted molar refractivity (Wildman–Crippen MR) is 114 cm³/mol. The van der Waals surface area contributed by atoms with Gasteiger partial charge in [-0.3, -0.25) is 4.79 Å². The van der Waals surface area contributed by atoms with Gasteiger partial charge >= 0.3 is 0 Å². The first-order valence-electron chi connectivity index (χ1n) is 8.78. The van der Waals surface area contributed by atoms with Crippen molar-refractivity contribution in [2.24, 2.45) is 0 Å². The minimum Gasteiger partial charge on any atom is -0.321 e. The van der Waals surface area contributed by atoms with Crippen molar-refractivity contribution in [1.82, 2.24) is 4.31 Å². The first kappa shape index (κ1) is 19.3. The Hall–Kier alpha value is -1.00. The number of nitrogens with zero attached hydrogens (tertiary/aromatic N) is 1. The van der Waals surface area contributed by atoms with Crippen LogP contribution in [0.15, 0.2) is 40.6 Å². The minimum absolute atomic E-state index is 0.116. The molecule has 3 heterocycles. The van der Waals surface area contributed by atoms with Crippen molar-refractivity contribution >= 4 is 56.5 Å². The quantitative estimate of drug-likeness (QED) is 0.752. The van der Waals surface area contributed by atoms with Gasteiger partial charge in [0.15, 0.2) is 0 Å². The van der Waals surface area contributed by atoms with E-state index in [2.05, 4.69) is 11.4 Å². The third-order valence-electron chi connectivity index (χ3n) is 4.56. The van der Waals surface area contributed by atoms with Crippen LogP contribution in [-0.4, -0.2) is 43.2 Å². The molecule has 4 rings (SSSR count). The van der Waals surface area contributed by atoms with Crippen LogP contribution >= 0.6 is 34.9 Å². The number of anilines is 1. The minimum atomic E-state index is -3.61. The summed E-state index contributed by atoms with van der Waals surface area (Å²) in [4.78, 5) is 13.2. The molecule has 2 fully saturated rings. The highest BCUT2D eigenvalue weighted by molar-refractivity contribution is 8.19. The molecule has 144 valence electrons. The maximum Gasteiger partial charge on any atom is 0.267 e. The number of rotatable bonds is 5. The lowest BCUT2D eigenvalue weighted by molar-refractivity contribution is 0.102. The number of hydrogen-bond acceptors (Lipinski definition) is 6. The van der Waals surface area contributed by atoms with E-state index in [4.69, 9.17) is 0 Å². The molecule has 2 aliphatic heterocycles. The second kappa shape index (κ2) is 8.16. The Balaban J connectivity index is 1.54. The van der Waals surface area contributed by atoms with E-state index < -0.39 is 10.0 Å². The first-order chi connectivity index (χ1) is 13.1. The van der Waals surface area contributed by atoms with Crippen LogP contribution < -0.4 is 5.32 Å². The molecule has 2 saturated heterocycles. The highest BCUT2D eigenvalue weighted by atomic mass is 32.2. The smallest absolute Gasteiger partial charge is 0.267 e. The van der Waals surface area contributed by atoms with E-state index in [0.717, 1.165) is 24.3 Å². The largest absolute Gasteiger partial charge is 0.321 e. The lowest BCUT2D eigenvalue weighted by atomic mass is 10.2. The summed E-state index contributed by atoms with van der Waals surface area (Å²) >= 11 is 4.98. The number of carbonyl (C=O) groups is 1. The molecule has 1 aromatic heterocycles. The summed E-state index contributed by atoms with van der Waals surface area (Å²) in [5.41, 5.74) is 1.87. The van der Waals surface area contributed by atoms with Gasteiger partial charge in [0, 0.05) is 30.3 Å². The maximum absolute atomic E-state index is 12.8. The Morgan fingerprint density at radius 3 is 2.59 bits per heavy atom. The molecule has 0 atom stereocenters. The molecule has 9 heteroatoms. The van der Waals surface area contributed by atoms with E-state index in [1.54, 1.807) is 5.38 Å². The van der Waals surface area contributed by atoms with Crippen LogP contribution in [0.4, 0.5) is 5.69 Å². The number of thiophene rings is 1. The molecule has 0 bridgehead atoms. The number of thioether (sulfide) groups is 2. The number of sulfonamides is 1. The number of nitrogens with one attached hydrogen (secondary N) is 1. The molecule has 2 aromatic rings. The molecular weight excluding hydrogens is 420 g/mol. The third-order valence-corrected chi connectivity index (χ3v) is 10.6. The second-order valence-corrected chi connectivity index (χ2v) is 11.9. The van der Waals surface area contributed by atoms with Crippen molar-refractivity contribution in [1.29, 1.82) is 0 Å². The van der Waals surface area contributed by atoms with Gasteiger partial charge in [-0.1, -0.05) is 12.1 Å². The van der Waals surface area contributed by atoms with Gasteiger partial charge in [0.2, 0.25) is 10.0 Å². The third kappa shape index (κ3) is 4.07. The van der Waals surface area contributed by atoms with Crippen LogP contribution in [-0.2, 0) is 10.0 Å². The van der Waals surface area contributed by atoms with E-state index in [1.807, 2.05) is 41.7 Å². The van der Waals surface area contributed by atoms with Crippen molar-refractivity contribution in [3.63, 3.8) is 0 Å². The molecule has 5 nitrogen and oxygen atoms in total. The summed E-state index contributed by atoms with van der Waals surface area (Å²) in [6.45, 7) is 1.05. The monoisotopic (exact) mass is 440 g/mol. The molecule has 0 aliphatic carbocycles. The van der Waals surface area contributed by atoms with E-state index >= 15 is 0 Å². The molecule has 27 heavy (non-hydrogen) atoms. The number of amides is 1. The van der Waals surface area contributed by atoms with Gasteiger partial charge in [-0.2, -0.15) is 4.31 Å². The molecule has 2 aliphatic rings. The fraction of sp³-hybridized carbons (Fsp3) is 0.389. The van der Waals surface area contributed by atoms with E-state index in [9.17, 15) is 13.2 Å². The molecule has 1 amide bonds. The number of hydrogen-bond donors (Lipinski definition) is 1. The van der Waals surface area contributed by atoms with Crippen LogP contribution in [0.5, 0.6) is 0 Å². The fourth-order valence-corrected chi connectivity index (χ4v) is 8.89. The summed E-state index contributed by atoms with van der Waals surface area (Å²) in [7, 11) is -3.61. The Kier molecular flexibility index (Phi) is 5.84. The van der Waals surface area contributed by atoms with E-state index in [1.165, 1.54) is 27.3 Å². The van der Waals surface area contributed by atoms with Gasteiger partial charge in [0.05, 0.1) is 4.58 Å². The average molecular weight is 441 g/mol. The molecule has 0 saturated carbocycles. The highest BCUT2D eigenvalue weighted by Gasteiger charge is 2.32. The maximum atomic E-state index is 12.8. The standard InChI is InChI=1S/C18H20N2O3S4/c21-17(19-14-5-3-4-13(12-14)18-25-10-11-26-18)16-15(6-9-24-16)27(22,23)20-7-1-2-8-20/h3-6,9,12,18H,1-2,7-8,10-11H2,(H,19,21). The summed E-state index contributed by atoms with van der Waals surface area (Å²) in [5.74, 6) is 1.91. The molecular formula is C18H20N2O3S4. The zero-order valence-corrected chi connectivity index (χ0v) is 17.9. The SMILES string of the molecule is O=C(Nc1cccc(C2SCCS2)c1)c1sccc1S(=O)(=O)N1CCCC1. The number of carbonyl (C=O) groups excluding carboxylic acids is 1. The fourth-order valence-electron chi connectivity index (χ4n) is 3.24. The molecule has 0 unspecified atom stereocenters. The van der Waals surface area contributed by atoms with Crippen molar-refractivity contribution in [3.05, 3.63) is 46.2 Å². The number of benzene rings is 1. The van der Waals surface area contributed by atoms with E-state index in [-0.39, 0.29) is 15.7 Å². The van der Waals surface area contributed by atoms with Gasteiger partial charge < -0.3 is 5.32 Å². The van der Waals surface area contributed by atoms with Crippen LogP contribution in [0.1, 0.15) is 32.7 Å². The van der Waals surface area contributed by atoms with Crippen LogP contribution in [0.25, 0.3) is 0 Å². The molecule has 0 spiro atoms. The first-order valence-corrected chi connectivity index (χ1v) is 13.2. The zero-order valence-electron chi connectivity index (χ0n) is 14.6. The van der Waals surface area contributed by atoms with Crippen LogP contribution in [0, 0.1) is 0 Å². The predicted octanol–water partition coefficient (Wildman–Crippen LogP) is 4.26. The Labute approximate surface area is 172 Å². The van der Waals surface area contributed by atoms with Crippen molar-refractivity contribution in [3.8, 4) is 0 Å². The normalized spacial score (nSPS) is 18.8. The van der Waals surface area contributed by atoms with Gasteiger partial charge in [-0.15, -0.1) is 34.9 Å². The van der Waals surface area contributed by atoms with Gasteiger partial charge in [0.25, 0.3) is 5.91 Å². The van der Waals surface area contributed by atoms with Gasteiger partial charge in [-0.05, 0) is 42.0 Å². The Bertz CT molecular complexity index is 930. The van der Waals surface area contributed by atoms with Crippen molar-refractivity contribution in [2.75, 3.05) is 29.9 Å². The average Bonchev–Trinajstić information content (AvgIpc) is 3.44. The van der Waals surface area contributed by atoms with Gasteiger partial charge in [-0.25, -0.2) is 8.42 Å². The van der Waals surface area contributed by atoms with Crippen molar-refractivity contribution < 1.29 is 13.2 Å². The lowest BCUT2D eigenvalue weighted by Crippen LogP contribution is -2.29.